The smallest absolute Gasteiger partial charge is 0.337 e. The van der Waals surface area contributed by atoms with Crippen LogP contribution in [0.1, 0.15) is 27.2 Å². The third-order valence-electron chi connectivity index (χ3n) is 4.05. The number of carbonyl (C=O) groups is 1. The van der Waals surface area contributed by atoms with E-state index in [4.69, 9.17) is 9.47 Å². The number of methoxy groups -OCH3 is 1. The Morgan fingerprint density at radius 3 is 2.50 bits per heavy atom. The summed E-state index contributed by atoms with van der Waals surface area (Å²) in [5, 5.41) is 9.49. The molecule has 138 valence electrons. The molecular weight excluding hydrogens is 352 g/mol. The van der Waals surface area contributed by atoms with Crippen molar-refractivity contribution in [1.29, 1.82) is 5.26 Å². The number of ether oxygens (including phenoxy) is 2. The third kappa shape index (κ3) is 4.63. The molecule has 0 N–H and O–H groups in total. The molecule has 0 atom stereocenters. The molecule has 2 aromatic carbocycles. The van der Waals surface area contributed by atoms with Crippen molar-refractivity contribution in [1.82, 2.24) is 4.98 Å². The lowest BCUT2D eigenvalue weighted by Gasteiger charge is -2.10. The molecule has 3 aromatic rings. The summed E-state index contributed by atoms with van der Waals surface area (Å²) in [4.78, 5) is 15.7. The number of rotatable bonds is 6. The number of nitrogens with zero attached hydrogens (tertiary/aromatic N) is 2. The van der Waals surface area contributed by atoms with Gasteiger partial charge in [-0.3, -0.25) is 4.98 Å². The van der Waals surface area contributed by atoms with Crippen molar-refractivity contribution in [3.8, 4) is 11.8 Å². The van der Waals surface area contributed by atoms with Crippen LogP contribution in [0.2, 0.25) is 0 Å². The number of esters is 1. The number of nitriles is 1. The molecule has 5 heteroatoms. The van der Waals surface area contributed by atoms with Gasteiger partial charge in [0.05, 0.1) is 23.9 Å². The summed E-state index contributed by atoms with van der Waals surface area (Å²) in [5.74, 6) is 0.282. The lowest BCUT2D eigenvalue weighted by Crippen LogP contribution is -2.02. The average Bonchev–Trinajstić information content (AvgIpc) is 2.77. The molecular formula is C23H18N2O3. The minimum Gasteiger partial charge on any atom is -0.488 e. The zero-order valence-corrected chi connectivity index (χ0v) is 15.3. The molecule has 0 bridgehead atoms. The zero-order chi connectivity index (χ0) is 19.8. The predicted molar refractivity (Wildman–Crippen MR) is 106 cm³/mol. The Morgan fingerprint density at radius 2 is 1.82 bits per heavy atom. The Balaban J connectivity index is 1.78. The highest BCUT2D eigenvalue weighted by molar-refractivity contribution is 5.89. The Labute approximate surface area is 163 Å². The number of aromatic nitrogens is 1. The standard InChI is InChI=1S/C23H18N2O3/c1-27-23(26)18-11-9-17(10-12-18)16-28-22-8-3-2-6-19(22)14-20(15-24)21-7-4-5-13-25-21/h2-14H,16H2,1H3/b20-14+. The fourth-order valence-electron chi connectivity index (χ4n) is 2.59. The maximum atomic E-state index is 11.5. The lowest BCUT2D eigenvalue weighted by molar-refractivity contribution is 0.0600. The molecule has 0 aliphatic carbocycles. The van der Waals surface area contributed by atoms with Crippen LogP contribution >= 0.6 is 0 Å². The first-order chi connectivity index (χ1) is 13.7. The van der Waals surface area contributed by atoms with E-state index < -0.39 is 0 Å². The Kier molecular flexibility index (Phi) is 6.17. The van der Waals surface area contributed by atoms with Gasteiger partial charge in [0.25, 0.3) is 0 Å². The van der Waals surface area contributed by atoms with E-state index in [1.165, 1.54) is 7.11 Å². The number of hydrogen-bond donors (Lipinski definition) is 0. The summed E-state index contributed by atoms with van der Waals surface area (Å²) in [6.07, 6.45) is 3.42. The second kappa shape index (κ2) is 9.15. The molecule has 0 fully saturated rings. The zero-order valence-electron chi connectivity index (χ0n) is 15.3. The number of allylic oxidation sites excluding steroid dienone is 1. The highest BCUT2D eigenvalue weighted by Gasteiger charge is 2.07. The first-order valence-corrected chi connectivity index (χ1v) is 8.63. The highest BCUT2D eigenvalue weighted by Crippen LogP contribution is 2.24. The Hall–Kier alpha value is -3.91. The van der Waals surface area contributed by atoms with Gasteiger partial charge in [-0.15, -0.1) is 0 Å². The largest absolute Gasteiger partial charge is 0.488 e. The van der Waals surface area contributed by atoms with Crippen LogP contribution in [0.5, 0.6) is 5.75 Å². The summed E-state index contributed by atoms with van der Waals surface area (Å²) < 4.78 is 10.6. The molecule has 0 radical (unpaired) electrons. The number of hydrogen-bond acceptors (Lipinski definition) is 5. The molecule has 0 amide bonds. The molecule has 0 aliphatic heterocycles. The normalized spacial score (nSPS) is 10.8. The fraction of sp³-hybridized carbons (Fsp3) is 0.0870. The van der Waals surface area contributed by atoms with E-state index in [1.54, 1.807) is 36.5 Å². The van der Waals surface area contributed by atoms with Crippen molar-refractivity contribution >= 4 is 17.6 Å². The van der Waals surface area contributed by atoms with Gasteiger partial charge in [0, 0.05) is 11.8 Å². The van der Waals surface area contributed by atoms with E-state index in [2.05, 4.69) is 11.1 Å². The SMILES string of the molecule is COC(=O)c1ccc(COc2ccccc2/C=C(\C#N)c2ccccn2)cc1. The van der Waals surface area contributed by atoms with Gasteiger partial charge >= 0.3 is 5.97 Å². The molecule has 28 heavy (non-hydrogen) atoms. The number of para-hydroxylation sites is 1. The van der Waals surface area contributed by atoms with Crippen molar-refractivity contribution in [2.45, 2.75) is 6.61 Å². The average molecular weight is 370 g/mol. The van der Waals surface area contributed by atoms with Crippen molar-refractivity contribution < 1.29 is 14.3 Å². The van der Waals surface area contributed by atoms with Crippen molar-refractivity contribution in [3.63, 3.8) is 0 Å². The monoisotopic (exact) mass is 370 g/mol. The first kappa shape index (κ1) is 18.9. The van der Waals surface area contributed by atoms with Crippen LogP contribution in [0.4, 0.5) is 0 Å². The number of benzene rings is 2. The second-order valence-electron chi connectivity index (χ2n) is 5.90. The minimum absolute atomic E-state index is 0.331. The van der Waals surface area contributed by atoms with E-state index in [1.807, 2.05) is 42.5 Å². The third-order valence-corrected chi connectivity index (χ3v) is 4.05. The first-order valence-electron chi connectivity index (χ1n) is 8.63. The van der Waals surface area contributed by atoms with E-state index in [0.717, 1.165) is 11.1 Å². The van der Waals surface area contributed by atoms with Gasteiger partial charge in [-0.2, -0.15) is 5.26 Å². The van der Waals surface area contributed by atoms with Crippen molar-refractivity contribution in [3.05, 3.63) is 95.3 Å². The summed E-state index contributed by atoms with van der Waals surface area (Å²) in [6.45, 7) is 0.331. The van der Waals surface area contributed by atoms with Gasteiger partial charge in [0.2, 0.25) is 0 Å². The molecule has 1 aromatic heterocycles. The van der Waals surface area contributed by atoms with Crippen molar-refractivity contribution in [2.24, 2.45) is 0 Å². The van der Waals surface area contributed by atoms with Crippen LogP contribution in [0.15, 0.2) is 72.9 Å². The van der Waals surface area contributed by atoms with Crippen LogP contribution in [-0.4, -0.2) is 18.1 Å². The van der Waals surface area contributed by atoms with Gasteiger partial charge in [0.15, 0.2) is 0 Å². The second-order valence-corrected chi connectivity index (χ2v) is 5.90. The predicted octanol–water partition coefficient (Wildman–Crippen LogP) is 4.51. The minimum atomic E-state index is -0.374. The molecule has 0 unspecified atom stereocenters. The van der Waals surface area contributed by atoms with Gasteiger partial charge in [0.1, 0.15) is 18.4 Å². The van der Waals surface area contributed by atoms with E-state index in [-0.39, 0.29) is 5.97 Å². The van der Waals surface area contributed by atoms with E-state index in [0.29, 0.717) is 29.2 Å². The summed E-state index contributed by atoms with van der Waals surface area (Å²) in [6, 6.07) is 22.2. The maximum absolute atomic E-state index is 11.5. The van der Waals surface area contributed by atoms with Crippen LogP contribution in [0, 0.1) is 11.3 Å². The molecule has 0 spiro atoms. The number of pyridine rings is 1. The van der Waals surface area contributed by atoms with E-state index in [9.17, 15) is 10.1 Å². The summed E-state index contributed by atoms with van der Waals surface area (Å²) in [5.41, 5.74) is 3.26. The molecule has 3 rings (SSSR count). The van der Waals surface area contributed by atoms with Crippen LogP contribution < -0.4 is 4.74 Å². The van der Waals surface area contributed by atoms with Gasteiger partial charge in [-0.25, -0.2) is 4.79 Å². The molecule has 1 heterocycles. The summed E-state index contributed by atoms with van der Waals surface area (Å²) >= 11 is 0. The van der Waals surface area contributed by atoms with Gasteiger partial charge in [-0.1, -0.05) is 36.4 Å². The quantitative estimate of drug-likeness (QED) is 0.471. The van der Waals surface area contributed by atoms with E-state index >= 15 is 0 Å². The Bertz CT molecular complexity index is 1020. The molecule has 5 nitrogen and oxygen atoms in total. The number of carbonyl (C=O) groups excluding carboxylic acids is 1. The molecule has 0 saturated carbocycles. The molecule has 0 aliphatic rings. The lowest BCUT2D eigenvalue weighted by atomic mass is 10.1. The topological polar surface area (TPSA) is 72.2 Å². The van der Waals surface area contributed by atoms with Crippen LogP contribution in [-0.2, 0) is 11.3 Å². The Morgan fingerprint density at radius 1 is 1.07 bits per heavy atom. The highest BCUT2D eigenvalue weighted by atomic mass is 16.5. The fourth-order valence-corrected chi connectivity index (χ4v) is 2.59. The van der Waals surface area contributed by atoms with Crippen molar-refractivity contribution in [2.75, 3.05) is 7.11 Å². The molecule has 0 saturated heterocycles. The van der Waals surface area contributed by atoms with Gasteiger partial charge < -0.3 is 9.47 Å². The van der Waals surface area contributed by atoms with Crippen LogP contribution in [0.3, 0.4) is 0 Å². The van der Waals surface area contributed by atoms with Gasteiger partial charge in [-0.05, 0) is 42.0 Å². The summed E-state index contributed by atoms with van der Waals surface area (Å²) in [7, 11) is 1.35. The maximum Gasteiger partial charge on any atom is 0.337 e. The van der Waals surface area contributed by atoms with Crippen LogP contribution in [0.25, 0.3) is 11.6 Å².